The van der Waals surface area contributed by atoms with Gasteiger partial charge >= 0.3 is 0 Å². The Morgan fingerprint density at radius 3 is 3.00 bits per heavy atom. The van der Waals surface area contributed by atoms with Crippen molar-refractivity contribution in [2.75, 3.05) is 5.73 Å². The van der Waals surface area contributed by atoms with Crippen molar-refractivity contribution >= 4 is 11.9 Å². The van der Waals surface area contributed by atoms with Crippen LogP contribution >= 0.6 is 0 Å². The zero-order valence-electron chi connectivity index (χ0n) is 9.25. The Labute approximate surface area is 96.8 Å². The summed E-state index contributed by atoms with van der Waals surface area (Å²) in [5.74, 6) is 1.10. The van der Waals surface area contributed by atoms with E-state index in [0.717, 1.165) is 0 Å². The van der Waals surface area contributed by atoms with Crippen molar-refractivity contribution in [1.82, 2.24) is 25.1 Å². The molecule has 0 unspecified atom stereocenters. The monoisotopic (exact) mass is 236 g/mol. The molecule has 2 rings (SSSR count). The molecule has 3 N–H and O–H groups in total. The molecule has 0 bridgehead atoms. The molecule has 0 aromatic carbocycles. The van der Waals surface area contributed by atoms with Gasteiger partial charge in [-0.3, -0.25) is 4.79 Å². The number of amides is 1. The normalized spacial score (nSPS) is 10.4. The summed E-state index contributed by atoms with van der Waals surface area (Å²) in [4.78, 5) is 19.2. The Balaban J connectivity index is 1.82. The number of carbonyl (C=O) groups excluding carboxylic acids is 1. The van der Waals surface area contributed by atoms with Crippen LogP contribution in [0.2, 0.25) is 0 Å². The highest BCUT2D eigenvalue weighted by Gasteiger charge is 2.06. The van der Waals surface area contributed by atoms with Crippen LogP contribution in [0.25, 0.3) is 0 Å². The van der Waals surface area contributed by atoms with E-state index in [1.165, 1.54) is 11.0 Å². The van der Waals surface area contributed by atoms with E-state index in [0.29, 0.717) is 11.7 Å². The van der Waals surface area contributed by atoms with Crippen LogP contribution in [0.4, 0.5) is 5.95 Å². The predicted octanol–water partition coefficient (Wildman–Crippen LogP) is -0.527. The van der Waals surface area contributed by atoms with Crippen molar-refractivity contribution in [1.29, 1.82) is 0 Å². The molecule has 90 valence electrons. The van der Waals surface area contributed by atoms with Crippen LogP contribution in [0.5, 0.6) is 0 Å². The molecule has 1 amide bonds. The molecular weight excluding hydrogens is 224 g/mol. The van der Waals surface area contributed by atoms with Gasteiger partial charge in [0.25, 0.3) is 0 Å². The Kier molecular flexibility index (Phi) is 3.03. The zero-order chi connectivity index (χ0) is 12.3. The van der Waals surface area contributed by atoms with E-state index in [1.807, 2.05) is 0 Å². The van der Waals surface area contributed by atoms with Gasteiger partial charge < -0.3 is 15.5 Å². The van der Waals surface area contributed by atoms with Gasteiger partial charge in [-0.05, 0) is 6.92 Å². The number of nitrogens with zero attached hydrogens (tertiary/aromatic N) is 4. The summed E-state index contributed by atoms with van der Waals surface area (Å²) in [7, 11) is 0. The molecule has 0 atom stereocenters. The molecule has 0 spiro atoms. The van der Waals surface area contributed by atoms with Crippen molar-refractivity contribution in [3.63, 3.8) is 0 Å². The number of nitrogens with one attached hydrogen (secondary N) is 1. The molecule has 2 aromatic heterocycles. The van der Waals surface area contributed by atoms with Crippen LogP contribution in [-0.4, -0.2) is 25.7 Å². The second-order valence-corrected chi connectivity index (χ2v) is 3.44. The summed E-state index contributed by atoms with van der Waals surface area (Å²) in [6.45, 7) is 2.09. The lowest BCUT2D eigenvalue weighted by Gasteiger charge is -2.01. The maximum atomic E-state index is 11.5. The number of oxazole rings is 1. The number of anilines is 1. The standard InChI is InChI=1S/C9H12N6O2/c1-6-2-12-8(17-6)3-11-7(16)4-15-5-13-9(10)14-15/h2,5H,3-4H2,1H3,(H2,10,14)(H,11,16). The second-order valence-electron chi connectivity index (χ2n) is 3.44. The third-order valence-electron chi connectivity index (χ3n) is 1.97. The van der Waals surface area contributed by atoms with Crippen LogP contribution in [0.15, 0.2) is 16.9 Å². The van der Waals surface area contributed by atoms with Crippen LogP contribution in [-0.2, 0) is 17.9 Å². The number of nitrogen functional groups attached to an aromatic ring is 1. The summed E-state index contributed by atoms with van der Waals surface area (Å²) in [6.07, 6.45) is 2.99. The van der Waals surface area contributed by atoms with Crippen LogP contribution in [0.3, 0.4) is 0 Å². The minimum absolute atomic E-state index is 0.0594. The lowest BCUT2D eigenvalue weighted by molar-refractivity contribution is -0.122. The molecule has 0 saturated carbocycles. The van der Waals surface area contributed by atoms with Crippen LogP contribution < -0.4 is 11.1 Å². The molecule has 0 aliphatic heterocycles. The van der Waals surface area contributed by atoms with Crippen molar-refractivity contribution in [3.8, 4) is 0 Å². The Morgan fingerprint density at radius 1 is 1.59 bits per heavy atom. The van der Waals surface area contributed by atoms with Gasteiger partial charge in [0.1, 0.15) is 18.6 Å². The van der Waals surface area contributed by atoms with E-state index in [-0.39, 0.29) is 24.9 Å². The second kappa shape index (κ2) is 4.64. The maximum absolute atomic E-state index is 11.5. The van der Waals surface area contributed by atoms with E-state index < -0.39 is 0 Å². The summed E-state index contributed by atoms with van der Waals surface area (Å²) in [5, 5.41) is 6.44. The molecular formula is C9H12N6O2. The van der Waals surface area contributed by atoms with E-state index >= 15 is 0 Å². The Hall–Kier alpha value is -2.38. The van der Waals surface area contributed by atoms with Crippen molar-refractivity contribution in [2.24, 2.45) is 0 Å². The molecule has 0 saturated heterocycles. The fourth-order valence-electron chi connectivity index (χ4n) is 1.25. The quantitative estimate of drug-likeness (QED) is 0.738. The molecule has 8 heteroatoms. The van der Waals surface area contributed by atoms with E-state index in [2.05, 4.69) is 20.4 Å². The molecule has 0 radical (unpaired) electrons. The van der Waals surface area contributed by atoms with Crippen molar-refractivity contribution in [2.45, 2.75) is 20.0 Å². The average molecular weight is 236 g/mol. The number of hydrogen-bond donors (Lipinski definition) is 2. The lowest BCUT2D eigenvalue weighted by Crippen LogP contribution is -2.27. The first-order valence-corrected chi connectivity index (χ1v) is 4.96. The SMILES string of the molecule is Cc1cnc(CNC(=O)Cn2cnc(N)n2)o1. The first-order valence-electron chi connectivity index (χ1n) is 4.96. The van der Waals surface area contributed by atoms with Crippen molar-refractivity contribution < 1.29 is 9.21 Å². The van der Waals surface area contributed by atoms with Crippen molar-refractivity contribution in [3.05, 3.63) is 24.2 Å². The van der Waals surface area contributed by atoms with Gasteiger partial charge in [0.2, 0.25) is 17.7 Å². The number of aryl methyl sites for hydroxylation is 1. The van der Waals surface area contributed by atoms with Gasteiger partial charge in [0, 0.05) is 0 Å². The predicted molar refractivity (Wildman–Crippen MR) is 57.5 cm³/mol. The fraction of sp³-hybridized carbons (Fsp3) is 0.333. The van der Waals surface area contributed by atoms with Gasteiger partial charge in [0.15, 0.2) is 0 Å². The molecule has 0 aliphatic carbocycles. The van der Waals surface area contributed by atoms with Gasteiger partial charge in [-0.15, -0.1) is 5.10 Å². The van der Waals surface area contributed by atoms with Gasteiger partial charge in [-0.25, -0.2) is 14.6 Å². The van der Waals surface area contributed by atoms with Gasteiger partial charge in [-0.1, -0.05) is 0 Å². The van der Waals surface area contributed by atoms with Crippen LogP contribution in [0, 0.1) is 6.92 Å². The van der Waals surface area contributed by atoms with Gasteiger partial charge in [0.05, 0.1) is 12.7 Å². The zero-order valence-corrected chi connectivity index (χ0v) is 9.25. The number of aromatic nitrogens is 4. The lowest BCUT2D eigenvalue weighted by atomic mass is 10.5. The highest BCUT2D eigenvalue weighted by atomic mass is 16.4. The van der Waals surface area contributed by atoms with Crippen LogP contribution in [0.1, 0.15) is 11.7 Å². The summed E-state index contributed by atoms with van der Waals surface area (Å²) in [6, 6.07) is 0. The highest BCUT2D eigenvalue weighted by Crippen LogP contribution is 2.00. The topological polar surface area (TPSA) is 112 Å². The minimum Gasteiger partial charge on any atom is -0.444 e. The maximum Gasteiger partial charge on any atom is 0.242 e. The Bertz CT molecular complexity index is 517. The number of nitrogens with two attached hydrogens (primary N) is 1. The minimum atomic E-state index is -0.217. The third kappa shape index (κ3) is 3.03. The first-order chi connectivity index (χ1) is 8.13. The first kappa shape index (κ1) is 11.1. The molecule has 17 heavy (non-hydrogen) atoms. The summed E-state index contributed by atoms with van der Waals surface area (Å²) in [5.41, 5.74) is 5.32. The number of rotatable bonds is 4. The smallest absolute Gasteiger partial charge is 0.242 e. The van der Waals surface area contributed by atoms with E-state index in [1.54, 1.807) is 13.1 Å². The Morgan fingerprint density at radius 2 is 2.41 bits per heavy atom. The molecule has 2 aromatic rings. The summed E-state index contributed by atoms with van der Waals surface area (Å²) < 4.78 is 6.56. The molecule has 0 aliphatic rings. The number of hydrogen-bond acceptors (Lipinski definition) is 6. The van der Waals surface area contributed by atoms with E-state index in [4.69, 9.17) is 10.2 Å². The number of carbonyl (C=O) groups is 1. The average Bonchev–Trinajstić information content (AvgIpc) is 2.85. The molecule has 0 fully saturated rings. The third-order valence-corrected chi connectivity index (χ3v) is 1.97. The molecule has 2 heterocycles. The summed E-state index contributed by atoms with van der Waals surface area (Å²) >= 11 is 0. The molecule has 8 nitrogen and oxygen atoms in total. The highest BCUT2D eigenvalue weighted by molar-refractivity contribution is 5.75. The van der Waals surface area contributed by atoms with E-state index in [9.17, 15) is 4.79 Å². The van der Waals surface area contributed by atoms with Gasteiger partial charge in [-0.2, -0.15) is 0 Å². The fourth-order valence-corrected chi connectivity index (χ4v) is 1.25. The largest absolute Gasteiger partial charge is 0.444 e.